The Bertz CT molecular complexity index is 1470. The monoisotopic (exact) mass is 523 g/mol. The second-order valence-electron chi connectivity index (χ2n) is 7.25. The highest BCUT2D eigenvalue weighted by atomic mass is 32.2. The number of aromatic nitrogens is 4. The first kappa shape index (κ1) is 25.5. The Morgan fingerprint density at radius 2 is 1.62 bits per heavy atom. The molecule has 190 valence electrons. The number of nitrogens with zero attached hydrogens (tertiary/aromatic N) is 4. The molecule has 2 aromatic heterocycles. The van der Waals surface area contributed by atoms with E-state index in [2.05, 4.69) is 24.7 Å². The molecule has 0 spiro atoms. The van der Waals surface area contributed by atoms with E-state index in [4.69, 9.17) is 14.2 Å². The van der Waals surface area contributed by atoms with Crippen LogP contribution in [0.5, 0.6) is 23.1 Å². The van der Waals surface area contributed by atoms with Crippen LogP contribution in [0, 0.1) is 0 Å². The number of methoxy groups -OCH3 is 1. The minimum atomic E-state index is -4.10. The number of anilines is 1. The molecule has 1 N–H and O–H groups in total. The van der Waals surface area contributed by atoms with Crippen molar-refractivity contribution in [1.82, 2.24) is 19.9 Å². The zero-order chi connectivity index (χ0) is 26.1. The number of benzene rings is 2. The molecule has 37 heavy (non-hydrogen) atoms. The van der Waals surface area contributed by atoms with E-state index < -0.39 is 16.7 Å². The van der Waals surface area contributed by atoms with E-state index in [0.29, 0.717) is 11.3 Å². The Hall–Kier alpha value is -4.58. The highest BCUT2D eigenvalue weighted by Gasteiger charge is 2.24. The molecule has 0 unspecified atom stereocenters. The molecule has 0 saturated heterocycles. The number of rotatable bonds is 11. The summed E-state index contributed by atoms with van der Waals surface area (Å²) in [5.41, 5.74) is 0.673. The number of halogens is 1. The molecule has 2 heterocycles. The number of alkyl halides is 1. The molecule has 0 amide bonds. The third kappa shape index (κ3) is 6.76. The number of para-hydroxylation sites is 2. The van der Waals surface area contributed by atoms with Crippen molar-refractivity contribution in [3.63, 3.8) is 0 Å². The van der Waals surface area contributed by atoms with Crippen LogP contribution in [0.3, 0.4) is 0 Å². The summed E-state index contributed by atoms with van der Waals surface area (Å²) >= 11 is 0. The lowest BCUT2D eigenvalue weighted by Crippen LogP contribution is -2.14. The summed E-state index contributed by atoms with van der Waals surface area (Å²) < 4.78 is 58.2. The summed E-state index contributed by atoms with van der Waals surface area (Å²) in [7, 11) is -2.65. The Labute approximate surface area is 212 Å². The van der Waals surface area contributed by atoms with Crippen molar-refractivity contribution in [3.05, 3.63) is 84.0 Å². The van der Waals surface area contributed by atoms with Gasteiger partial charge in [-0.1, -0.05) is 42.5 Å². The molecule has 0 radical (unpaired) electrons. The maximum atomic E-state index is 13.0. The molecule has 0 aliphatic carbocycles. The van der Waals surface area contributed by atoms with Crippen molar-refractivity contribution >= 4 is 21.9 Å². The van der Waals surface area contributed by atoms with Gasteiger partial charge in [0, 0.05) is 12.4 Å². The van der Waals surface area contributed by atoms with E-state index in [9.17, 15) is 12.8 Å². The first-order valence-electron chi connectivity index (χ1n) is 10.9. The number of hydrogen-bond donors (Lipinski definition) is 1. The van der Waals surface area contributed by atoms with E-state index in [-0.39, 0.29) is 41.5 Å². The maximum absolute atomic E-state index is 13.0. The quantitative estimate of drug-likeness (QED) is 0.302. The van der Waals surface area contributed by atoms with Gasteiger partial charge in [-0.15, -0.1) is 0 Å². The van der Waals surface area contributed by atoms with Gasteiger partial charge in [-0.2, -0.15) is 4.98 Å². The van der Waals surface area contributed by atoms with Crippen molar-refractivity contribution in [3.8, 4) is 34.8 Å². The van der Waals surface area contributed by atoms with Crippen LogP contribution in [-0.4, -0.2) is 48.7 Å². The van der Waals surface area contributed by atoms with Gasteiger partial charge in [0.1, 0.15) is 13.3 Å². The smallest absolute Gasteiger partial charge is 0.264 e. The number of sulfonamides is 1. The predicted molar refractivity (Wildman–Crippen MR) is 136 cm³/mol. The lowest BCUT2D eigenvalue weighted by molar-refractivity contribution is 0.254. The Morgan fingerprint density at radius 1 is 0.919 bits per heavy atom. The van der Waals surface area contributed by atoms with Crippen molar-refractivity contribution in [2.45, 2.75) is 0 Å². The molecule has 10 nitrogen and oxygen atoms in total. The lowest BCUT2D eigenvalue weighted by Gasteiger charge is -2.17. The van der Waals surface area contributed by atoms with E-state index in [0.717, 1.165) is 5.41 Å². The van der Waals surface area contributed by atoms with Crippen molar-refractivity contribution in [1.29, 1.82) is 0 Å². The number of ether oxygens (including phenoxy) is 3. The van der Waals surface area contributed by atoms with E-state index in [1.807, 2.05) is 6.07 Å². The largest absolute Gasteiger partial charge is 0.493 e. The molecule has 0 aliphatic rings. The van der Waals surface area contributed by atoms with Crippen LogP contribution in [0.4, 0.5) is 10.2 Å². The van der Waals surface area contributed by atoms with Gasteiger partial charge in [0.05, 0.1) is 12.5 Å². The molecule has 0 atom stereocenters. The minimum absolute atomic E-state index is 0.0634. The van der Waals surface area contributed by atoms with E-state index >= 15 is 0 Å². The van der Waals surface area contributed by atoms with Crippen molar-refractivity contribution in [2.75, 3.05) is 25.1 Å². The van der Waals surface area contributed by atoms with Gasteiger partial charge in [0.15, 0.2) is 23.1 Å². The summed E-state index contributed by atoms with van der Waals surface area (Å²) in [5, 5.41) is 0.984. The summed E-state index contributed by atoms with van der Waals surface area (Å²) in [5.74, 6) is -0.0758. The average Bonchev–Trinajstić information content (AvgIpc) is 2.93. The van der Waals surface area contributed by atoms with Gasteiger partial charge in [-0.05, 0) is 29.8 Å². The average molecular weight is 524 g/mol. The van der Waals surface area contributed by atoms with Gasteiger partial charge in [0.25, 0.3) is 15.9 Å². The van der Waals surface area contributed by atoms with Gasteiger partial charge >= 0.3 is 0 Å². The molecule has 0 aliphatic heterocycles. The second kappa shape index (κ2) is 11.9. The first-order chi connectivity index (χ1) is 18.0. The Balaban J connectivity index is 1.82. The highest BCUT2D eigenvalue weighted by Crippen LogP contribution is 2.41. The molecule has 0 bridgehead atoms. The maximum Gasteiger partial charge on any atom is 0.264 e. The molecule has 4 aromatic rings. The van der Waals surface area contributed by atoms with Gasteiger partial charge in [-0.25, -0.2) is 27.8 Å². The fourth-order valence-corrected chi connectivity index (χ4v) is 3.87. The third-order valence-corrected chi connectivity index (χ3v) is 5.65. The molecular formula is C25H22FN5O5S. The van der Waals surface area contributed by atoms with Gasteiger partial charge in [0.2, 0.25) is 11.6 Å². The van der Waals surface area contributed by atoms with Crippen LogP contribution >= 0.6 is 0 Å². The van der Waals surface area contributed by atoms with Crippen LogP contribution in [-0.2, 0) is 10.0 Å². The van der Waals surface area contributed by atoms with Crippen molar-refractivity contribution in [2.24, 2.45) is 0 Å². The fraction of sp³-hybridized carbons (Fsp3) is 0.120. The van der Waals surface area contributed by atoms with Crippen LogP contribution in [0.15, 0.2) is 78.5 Å². The van der Waals surface area contributed by atoms with Crippen LogP contribution in [0.1, 0.15) is 5.56 Å². The summed E-state index contributed by atoms with van der Waals surface area (Å²) in [6, 6.07) is 17.2. The normalized spacial score (nSPS) is 11.3. The molecule has 12 heteroatoms. The van der Waals surface area contributed by atoms with Gasteiger partial charge in [-0.3, -0.25) is 4.72 Å². The molecule has 0 fully saturated rings. The number of hydrogen-bond acceptors (Lipinski definition) is 9. The predicted octanol–water partition coefficient (Wildman–Crippen LogP) is 4.50. The van der Waals surface area contributed by atoms with Crippen molar-refractivity contribution < 1.29 is 27.0 Å². The Morgan fingerprint density at radius 3 is 2.32 bits per heavy atom. The third-order valence-electron chi connectivity index (χ3n) is 4.68. The first-order valence-corrected chi connectivity index (χ1v) is 12.5. The number of nitrogens with one attached hydrogen (secondary N) is 1. The zero-order valence-corrected chi connectivity index (χ0v) is 20.4. The fourth-order valence-electron chi connectivity index (χ4n) is 3.05. The molecule has 0 saturated carbocycles. The Kier molecular flexibility index (Phi) is 8.21. The zero-order valence-electron chi connectivity index (χ0n) is 19.6. The second-order valence-corrected chi connectivity index (χ2v) is 8.82. The molecule has 4 rings (SSSR count). The van der Waals surface area contributed by atoms with Crippen LogP contribution < -0.4 is 18.9 Å². The van der Waals surface area contributed by atoms with E-state index in [1.54, 1.807) is 54.6 Å². The molecule has 2 aromatic carbocycles. The summed E-state index contributed by atoms with van der Waals surface area (Å²) in [4.78, 5) is 16.8. The van der Waals surface area contributed by atoms with E-state index in [1.165, 1.54) is 25.6 Å². The van der Waals surface area contributed by atoms with Crippen LogP contribution in [0.25, 0.3) is 17.7 Å². The molecular weight excluding hydrogens is 501 g/mol. The minimum Gasteiger partial charge on any atom is -0.493 e. The SMILES string of the molecule is COc1ccccc1Oc1c(NS(=O)(=O)/C=C/c2ccccc2)nc(-c2ncccn2)nc1OCCF. The lowest BCUT2D eigenvalue weighted by atomic mass is 10.2. The van der Waals surface area contributed by atoms with Gasteiger partial charge < -0.3 is 14.2 Å². The summed E-state index contributed by atoms with van der Waals surface area (Å²) in [6.45, 7) is -1.19. The topological polar surface area (TPSA) is 125 Å². The summed E-state index contributed by atoms with van der Waals surface area (Å²) in [6.07, 6.45) is 4.37. The highest BCUT2D eigenvalue weighted by molar-refractivity contribution is 7.95. The van der Waals surface area contributed by atoms with Crippen LogP contribution in [0.2, 0.25) is 0 Å². The standard InChI is InChI=1S/C25H22FN5O5S/c1-34-19-10-5-6-11-20(19)36-21-22(31-37(32,33)17-12-18-8-3-2-4-9-18)29-24(23-27-14-7-15-28-23)30-25(21)35-16-13-26/h2-12,14-15,17H,13,16H2,1H3,(H,29,30,31)/b17-12+.